The third-order valence-corrected chi connectivity index (χ3v) is 4.76. The molecule has 0 aliphatic rings. The van der Waals surface area contributed by atoms with Crippen LogP contribution in [0.1, 0.15) is 0 Å². The van der Waals surface area contributed by atoms with Crippen LogP contribution in [0, 0.1) is 5.82 Å². The molecule has 0 saturated heterocycles. The first-order valence-electron chi connectivity index (χ1n) is 4.94. The molecule has 0 atom stereocenters. The monoisotopic (exact) mass is 362 g/mol. The van der Waals surface area contributed by atoms with Crippen molar-refractivity contribution in [3.63, 3.8) is 0 Å². The molecular weight excluding hydrogens is 351 g/mol. The van der Waals surface area contributed by atoms with Crippen molar-refractivity contribution in [1.82, 2.24) is 0 Å². The van der Waals surface area contributed by atoms with Crippen LogP contribution in [0.4, 0.5) is 4.39 Å². The van der Waals surface area contributed by atoms with Gasteiger partial charge in [-0.2, -0.15) is 0 Å². The first-order valence-corrected chi connectivity index (χ1v) is 7.68. The summed E-state index contributed by atoms with van der Waals surface area (Å²) in [7, 11) is 0. The van der Waals surface area contributed by atoms with Crippen LogP contribution in [0.3, 0.4) is 0 Å². The summed E-state index contributed by atoms with van der Waals surface area (Å²) in [6, 6.07) is 15.9. The third-order valence-electron chi connectivity index (χ3n) is 1.96. The molecule has 0 amide bonds. The average Bonchev–Trinajstić information content (AvgIpc) is 2.33. The Labute approximate surface area is 115 Å². The van der Waals surface area contributed by atoms with Crippen LogP contribution in [-0.2, 0) is 0 Å². The van der Waals surface area contributed by atoms with Gasteiger partial charge in [-0.05, 0) is 0 Å². The van der Waals surface area contributed by atoms with E-state index in [1.165, 1.54) is 12.1 Å². The Morgan fingerprint density at radius 1 is 1.00 bits per heavy atom. The van der Waals surface area contributed by atoms with Gasteiger partial charge in [0.2, 0.25) is 0 Å². The summed E-state index contributed by atoms with van der Waals surface area (Å²) in [5, 5.41) is 0. The zero-order valence-corrected chi connectivity index (χ0v) is 11.9. The fourth-order valence-electron chi connectivity index (χ4n) is 1.20. The Morgan fingerprint density at radius 3 is 2.29 bits per heavy atom. The SMILES string of the molecule is Fc1ccc([Te]C(=S)Oc2ccccc2)cc1. The summed E-state index contributed by atoms with van der Waals surface area (Å²) in [6.45, 7) is 0. The Hall–Kier alpha value is -0.950. The number of ether oxygens (including phenoxy) is 1. The van der Waals surface area contributed by atoms with Crippen LogP contribution < -0.4 is 8.35 Å². The van der Waals surface area contributed by atoms with E-state index in [0.717, 1.165) is 9.36 Å². The van der Waals surface area contributed by atoms with Gasteiger partial charge in [-0.15, -0.1) is 0 Å². The second-order valence-corrected chi connectivity index (χ2v) is 7.39. The normalized spacial score (nSPS) is 9.94. The summed E-state index contributed by atoms with van der Waals surface area (Å²) < 4.78 is 19.9. The van der Waals surface area contributed by atoms with Crippen LogP contribution in [0.25, 0.3) is 0 Å². The standard InChI is InChI=1S/C13H9FOSTe/c14-10-6-8-12(9-7-10)17-13(16)15-11-4-2-1-3-5-11/h1-9H. The van der Waals surface area contributed by atoms with Crippen molar-refractivity contribution in [2.75, 3.05) is 0 Å². The van der Waals surface area contributed by atoms with Gasteiger partial charge in [0, 0.05) is 0 Å². The molecule has 86 valence electrons. The van der Waals surface area contributed by atoms with Crippen molar-refractivity contribution in [2.24, 2.45) is 0 Å². The summed E-state index contributed by atoms with van der Waals surface area (Å²) in [4.78, 5) is 0. The van der Waals surface area contributed by atoms with Crippen LogP contribution in [-0.4, -0.2) is 24.0 Å². The van der Waals surface area contributed by atoms with Gasteiger partial charge in [0.25, 0.3) is 0 Å². The number of rotatable bonds is 3. The fraction of sp³-hybridized carbons (Fsp3) is 0. The van der Waals surface area contributed by atoms with E-state index in [0.29, 0.717) is 3.10 Å². The van der Waals surface area contributed by atoms with E-state index in [2.05, 4.69) is 0 Å². The molecule has 0 bridgehead atoms. The van der Waals surface area contributed by atoms with Crippen molar-refractivity contribution in [2.45, 2.75) is 0 Å². The van der Waals surface area contributed by atoms with Crippen molar-refractivity contribution in [3.8, 4) is 5.75 Å². The van der Waals surface area contributed by atoms with Crippen molar-refractivity contribution < 1.29 is 9.13 Å². The molecule has 0 aliphatic carbocycles. The number of thiocarbonyl (C=S) groups is 1. The molecule has 0 radical (unpaired) electrons. The Morgan fingerprint density at radius 2 is 1.65 bits per heavy atom. The van der Waals surface area contributed by atoms with Crippen LogP contribution in [0.2, 0.25) is 0 Å². The van der Waals surface area contributed by atoms with Gasteiger partial charge in [0.1, 0.15) is 0 Å². The summed E-state index contributed by atoms with van der Waals surface area (Å²) in [5.74, 6) is 0.529. The predicted octanol–water partition coefficient (Wildman–Crippen LogP) is 2.52. The summed E-state index contributed by atoms with van der Waals surface area (Å²) in [6.07, 6.45) is 0. The molecule has 0 N–H and O–H groups in total. The van der Waals surface area contributed by atoms with E-state index >= 15 is 0 Å². The minimum absolute atomic E-state index is 0.226. The minimum atomic E-state index is -0.720. The van der Waals surface area contributed by atoms with Gasteiger partial charge in [0.05, 0.1) is 0 Å². The van der Waals surface area contributed by atoms with Crippen LogP contribution in [0.5, 0.6) is 5.75 Å². The Bertz CT molecular complexity index is 499. The Kier molecular flexibility index (Phi) is 4.49. The molecule has 0 heterocycles. The number of benzene rings is 2. The van der Waals surface area contributed by atoms with Gasteiger partial charge < -0.3 is 0 Å². The number of hydrogen-bond acceptors (Lipinski definition) is 2. The van der Waals surface area contributed by atoms with Gasteiger partial charge in [-0.3, -0.25) is 0 Å². The molecule has 0 aliphatic heterocycles. The quantitative estimate of drug-likeness (QED) is 0.615. The van der Waals surface area contributed by atoms with Crippen molar-refractivity contribution in [3.05, 3.63) is 60.4 Å². The molecule has 0 saturated carbocycles. The Balaban J connectivity index is 1.96. The molecule has 0 unspecified atom stereocenters. The van der Waals surface area contributed by atoms with E-state index in [9.17, 15) is 4.39 Å². The topological polar surface area (TPSA) is 9.23 Å². The second kappa shape index (κ2) is 6.11. The first-order chi connectivity index (χ1) is 8.24. The predicted molar refractivity (Wildman–Crippen MR) is 71.5 cm³/mol. The molecule has 17 heavy (non-hydrogen) atoms. The second-order valence-electron chi connectivity index (χ2n) is 3.22. The average molecular weight is 360 g/mol. The molecule has 1 nitrogen and oxygen atoms in total. The van der Waals surface area contributed by atoms with Crippen LogP contribution >= 0.6 is 12.2 Å². The first kappa shape index (κ1) is 12.5. The van der Waals surface area contributed by atoms with Gasteiger partial charge >= 0.3 is 115 Å². The number of halogens is 1. The molecule has 4 heteroatoms. The van der Waals surface area contributed by atoms with Crippen molar-refractivity contribution >= 4 is 39.9 Å². The van der Waals surface area contributed by atoms with E-state index in [1.807, 2.05) is 30.3 Å². The van der Waals surface area contributed by atoms with Gasteiger partial charge in [-0.1, -0.05) is 0 Å². The van der Waals surface area contributed by atoms with E-state index < -0.39 is 20.9 Å². The van der Waals surface area contributed by atoms with E-state index in [1.54, 1.807) is 12.1 Å². The summed E-state index contributed by atoms with van der Waals surface area (Å²) >= 11 is 4.47. The van der Waals surface area contributed by atoms with E-state index in [-0.39, 0.29) is 5.82 Å². The van der Waals surface area contributed by atoms with E-state index in [4.69, 9.17) is 17.0 Å². The zero-order valence-electron chi connectivity index (χ0n) is 8.80. The van der Waals surface area contributed by atoms with Gasteiger partial charge in [0.15, 0.2) is 0 Å². The molecule has 0 fully saturated rings. The van der Waals surface area contributed by atoms with Crippen molar-refractivity contribution in [1.29, 1.82) is 0 Å². The molecule has 2 aromatic rings. The fourth-order valence-corrected chi connectivity index (χ4v) is 3.67. The van der Waals surface area contributed by atoms with Gasteiger partial charge in [-0.25, -0.2) is 0 Å². The maximum absolute atomic E-state index is 12.7. The zero-order chi connectivity index (χ0) is 12.1. The number of para-hydroxylation sites is 1. The maximum atomic E-state index is 12.7. The molecular formula is C13H9FOSTe. The third kappa shape index (κ3) is 4.08. The molecule has 0 aromatic heterocycles. The molecule has 2 aromatic carbocycles. The number of hydrogen-bond donors (Lipinski definition) is 0. The summed E-state index contributed by atoms with van der Waals surface area (Å²) in [5.41, 5.74) is 0. The molecule has 0 spiro atoms. The molecule has 2 rings (SSSR count). The van der Waals surface area contributed by atoms with Crippen LogP contribution in [0.15, 0.2) is 54.6 Å².